The first-order valence-corrected chi connectivity index (χ1v) is 5.46. The molecule has 2 aliphatic carbocycles. The number of fused-ring (bicyclic) bond motifs is 2. The Kier molecular flexibility index (Phi) is 1.70. The van der Waals surface area contributed by atoms with Crippen molar-refractivity contribution in [3.63, 3.8) is 0 Å². The van der Waals surface area contributed by atoms with E-state index in [9.17, 15) is 4.79 Å². The van der Waals surface area contributed by atoms with Gasteiger partial charge in [-0.2, -0.15) is 0 Å². The Morgan fingerprint density at radius 3 is 2.73 bits per heavy atom. The molecule has 3 rings (SSSR count). The molecule has 1 saturated carbocycles. The molecule has 0 atom stereocenters. The summed E-state index contributed by atoms with van der Waals surface area (Å²) in [7, 11) is 1.62. The Bertz CT molecular complexity index is 430. The lowest BCUT2D eigenvalue weighted by molar-refractivity contribution is 0.112. The maximum absolute atomic E-state index is 11.1. The van der Waals surface area contributed by atoms with Gasteiger partial charge in [-0.25, -0.2) is 0 Å². The number of benzene rings is 1. The number of methoxy groups -OCH3 is 1. The summed E-state index contributed by atoms with van der Waals surface area (Å²) in [5.41, 5.74) is 3.87. The van der Waals surface area contributed by atoms with E-state index in [2.05, 4.69) is 6.07 Å². The summed E-state index contributed by atoms with van der Waals surface area (Å²) in [6.45, 7) is 0. The molecule has 0 radical (unpaired) electrons. The van der Waals surface area contributed by atoms with Crippen LogP contribution in [0.2, 0.25) is 0 Å². The molecule has 0 heterocycles. The van der Waals surface area contributed by atoms with Gasteiger partial charge in [-0.1, -0.05) is 6.07 Å². The molecule has 2 nitrogen and oxygen atoms in total. The lowest BCUT2D eigenvalue weighted by atomic mass is 9.96. The van der Waals surface area contributed by atoms with Gasteiger partial charge in [-0.3, -0.25) is 4.79 Å². The van der Waals surface area contributed by atoms with Crippen LogP contribution in [0.1, 0.15) is 40.7 Å². The van der Waals surface area contributed by atoms with E-state index in [1.165, 1.54) is 30.4 Å². The van der Waals surface area contributed by atoms with Crippen LogP contribution in [-0.4, -0.2) is 13.4 Å². The normalized spacial score (nSPS) is 20.1. The minimum Gasteiger partial charge on any atom is -0.496 e. The number of hydrogen-bond donors (Lipinski definition) is 0. The molecule has 0 amide bonds. The summed E-state index contributed by atoms with van der Waals surface area (Å²) in [6, 6.07) is 4.09. The van der Waals surface area contributed by atoms with Gasteiger partial charge in [0.05, 0.1) is 12.7 Å². The molecule has 15 heavy (non-hydrogen) atoms. The molecule has 2 heteroatoms. The fourth-order valence-electron chi connectivity index (χ4n) is 2.89. The van der Waals surface area contributed by atoms with E-state index in [1.807, 2.05) is 6.07 Å². The van der Waals surface area contributed by atoms with Gasteiger partial charge in [0.15, 0.2) is 6.29 Å². The van der Waals surface area contributed by atoms with Gasteiger partial charge < -0.3 is 4.74 Å². The Hall–Kier alpha value is -1.31. The summed E-state index contributed by atoms with van der Waals surface area (Å²) in [4.78, 5) is 11.1. The smallest absolute Gasteiger partial charge is 0.154 e. The Morgan fingerprint density at radius 1 is 1.33 bits per heavy atom. The zero-order valence-electron chi connectivity index (χ0n) is 8.88. The molecule has 0 N–H and O–H groups in total. The zero-order chi connectivity index (χ0) is 10.5. The second-order valence-electron chi connectivity index (χ2n) is 4.61. The first kappa shape index (κ1) is 8.96. The average molecular weight is 202 g/mol. The molecule has 78 valence electrons. The van der Waals surface area contributed by atoms with Crippen molar-refractivity contribution in [2.45, 2.75) is 31.1 Å². The van der Waals surface area contributed by atoms with Crippen molar-refractivity contribution in [2.75, 3.05) is 7.11 Å². The van der Waals surface area contributed by atoms with E-state index in [0.29, 0.717) is 5.41 Å². The highest BCUT2D eigenvalue weighted by molar-refractivity contribution is 5.83. The first-order chi connectivity index (χ1) is 7.30. The summed E-state index contributed by atoms with van der Waals surface area (Å²) in [5.74, 6) is 0.724. The monoisotopic (exact) mass is 202 g/mol. The van der Waals surface area contributed by atoms with E-state index in [-0.39, 0.29) is 0 Å². The maximum Gasteiger partial charge on any atom is 0.154 e. The van der Waals surface area contributed by atoms with Gasteiger partial charge >= 0.3 is 0 Å². The van der Waals surface area contributed by atoms with E-state index in [1.54, 1.807) is 7.11 Å². The molecule has 1 fully saturated rings. The zero-order valence-corrected chi connectivity index (χ0v) is 8.88. The standard InChI is InChI=1S/C13H14O2/c1-15-12-3-2-11-9(10(12)8-14)4-5-13(11)6-7-13/h2-3,8H,4-7H2,1H3. The Morgan fingerprint density at radius 2 is 2.13 bits per heavy atom. The maximum atomic E-state index is 11.1. The quantitative estimate of drug-likeness (QED) is 0.689. The molecule has 0 aliphatic heterocycles. The van der Waals surface area contributed by atoms with Crippen LogP contribution >= 0.6 is 0 Å². The van der Waals surface area contributed by atoms with Gasteiger partial charge in [0, 0.05) is 0 Å². The van der Waals surface area contributed by atoms with Crippen LogP contribution in [0.15, 0.2) is 12.1 Å². The van der Waals surface area contributed by atoms with E-state index in [0.717, 1.165) is 24.0 Å². The highest BCUT2D eigenvalue weighted by atomic mass is 16.5. The topological polar surface area (TPSA) is 26.3 Å². The molecule has 0 bridgehead atoms. The van der Waals surface area contributed by atoms with Gasteiger partial charge in [0.1, 0.15) is 5.75 Å². The fourth-order valence-corrected chi connectivity index (χ4v) is 2.89. The largest absolute Gasteiger partial charge is 0.496 e. The van der Waals surface area contributed by atoms with Crippen molar-refractivity contribution in [3.05, 3.63) is 28.8 Å². The lowest BCUT2D eigenvalue weighted by Gasteiger charge is -2.11. The fraction of sp³-hybridized carbons (Fsp3) is 0.462. The van der Waals surface area contributed by atoms with Crippen LogP contribution in [-0.2, 0) is 11.8 Å². The molecular weight excluding hydrogens is 188 g/mol. The third-order valence-corrected chi connectivity index (χ3v) is 3.93. The molecule has 1 aromatic rings. The predicted octanol–water partition coefficient (Wildman–Crippen LogP) is 2.49. The van der Waals surface area contributed by atoms with E-state index >= 15 is 0 Å². The second-order valence-corrected chi connectivity index (χ2v) is 4.61. The molecule has 1 aromatic carbocycles. The third kappa shape index (κ3) is 1.08. The first-order valence-electron chi connectivity index (χ1n) is 5.46. The van der Waals surface area contributed by atoms with Gasteiger partial charge in [-0.05, 0) is 48.3 Å². The predicted molar refractivity (Wildman–Crippen MR) is 57.6 cm³/mol. The molecule has 0 aromatic heterocycles. The number of rotatable bonds is 2. The highest BCUT2D eigenvalue weighted by Gasteiger charge is 2.49. The number of ether oxygens (including phenoxy) is 1. The molecule has 2 aliphatic rings. The van der Waals surface area contributed by atoms with Crippen LogP contribution < -0.4 is 4.74 Å². The number of aldehydes is 1. The van der Waals surface area contributed by atoms with Crippen LogP contribution in [0.3, 0.4) is 0 Å². The van der Waals surface area contributed by atoms with Crippen molar-refractivity contribution in [3.8, 4) is 5.75 Å². The summed E-state index contributed by atoms with van der Waals surface area (Å²) >= 11 is 0. The Balaban J connectivity index is 2.20. The minimum atomic E-state index is 0.444. The summed E-state index contributed by atoms with van der Waals surface area (Å²) in [5, 5.41) is 0. The van der Waals surface area contributed by atoms with Crippen LogP contribution in [0.25, 0.3) is 0 Å². The van der Waals surface area contributed by atoms with Gasteiger partial charge in [0.2, 0.25) is 0 Å². The van der Waals surface area contributed by atoms with E-state index < -0.39 is 0 Å². The van der Waals surface area contributed by atoms with Crippen molar-refractivity contribution in [1.29, 1.82) is 0 Å². The average Bonchev–Trinajstić information content (AvgIpc) is 2.95. The minimum absolute atomic E-state index is 0.444. The summed E-state index contributed by atoms with van der Waals surface area (Å²) < 4.78 is 5.22. The second kappa shape index (κ2) is 2.84. The van der Waals surface area contributed by atoms with Crippen molar-refractivity contribution >= 4 is 6.29 Å². The molecule has 0 unspecified atom stereocenters. The third-order valence-electron chi connectivity index (χ3n) is 3.93. The van der Waals surface area contributed by atoms with E-state index in [4.69, 9.17) is 4.74 Å². The number of carbonyl (C=O) groups excluding carboxylic acids is 1. The molecular formula is C13H14O2. The Labute approximate surface area is 89.2 Å². The molecule has 1 spiro atoms. The van der Waals surface area contributed by atoms with Crippen molar-refractivity contribution in [2.24, 2.45) is 0 Å². The SMILES string of the molecule is COc1ccc2c(c1C=O)CCC21CC1. The van der Waals surface area contributed by atoms with Crippen molar-refractivity contribution < 1.29 is 9.53 Å². The van der Waals surface area contributed by atoms with Crippen LogP contribution in [0.4, 0.5) is 0 Å². The number of hydrogen-bond acceptors (Lipinski definition) is 2. The van der Waals surface area contributed by atoms with Crippen LogP contribution in [0.5, 0.6) is 5.75 Å². The van der Waals surface area contributed by atoms with Crippen molar-refractivity contribution in [1.82, 2.24) is 0 Å². The van der Waals surface area contributed by atoms with Gasteiger partial charge in [-0.15, -0.1) is 0 Å². The highest BCUT2D eigenvalue weighted by Crippen LogP contribution is 2.57. The molecule has 0 saturated heterocycles. The van der Waals surface area contributed by atoms with Crippen LogP contribution in [0, 0.1) is 0 Å². The number of carbonyl (C=O) groups is 1. The lowest BCUT2D eigenvalue weighted by Crippen LogP contribution is -2.01. The van der Waals surface area contributed by atoms with Gasteiger partial charge in [0.25, 0.3) is 0 Å². The summed E-state index contributed by atoms with van der Waals surface area (Å²) in [6.07, 6.45) is 5.80.